The average molecular weight is 227 g/mol. The molecule has 1 aliphatic heterocycles. The van der Waals surface area contributed by atoms with Crippen LogP contribution in [0.15, 0.2) is 42.1 Å². The number of anilines is 1. The number of nitrogens with zero attached hydrogens (tertiary/aromatic N) is 1. The van der Waals surface area contributed by atoms with Crippen LogP contribution in [-0.2, 0) is 0 Å². The summed E-state index contributed by atoms with van der Waals surface area (Å²) in [5.41, 5.74) is 5.46. The molecule has 0 bridgehead atoms. The van der Waals surface area contributed by atoms with Crippen LogP contribution >= 0.6 is 0 Å². The number of allylic oxidation sites excluding steroid dienone is 3. The second-order valence-corrected chi connectivity index (χ2v) is 5.79. The van der Waals surface area contributed by atoms with Crippen LogP contribution in [0.1, 0.15) is 40.2 Å². The molecule has 0 spiro atoms. The molecule has 0 saturated carbocycles. The van der Waals surface area contributed by atoms with E-state index in [0.29, 0.717) is 0 Å². The first-order chi connectivity index (χ1) is 7.91. The lowest BCUT2D eigenvalue weighted by atomic mass is 9.93. The summed E-state index contributed by atoms with van der Waals surface area (Å²) in [5.74, 6) is 0. The zero-order valence-corrected chi connectivity index (χ0v) is 11.4. The Bertz CT molecular complexity index is 482. The minimum atomic E-state index is 0.111. The van der Waals surface area contributed by atoms with Gasteiger partial charge in [-0.3, -0.25) is 0 Å². The second kappa shape index (κ2) is 4.06. The monoisotopic (exact) mass is 227 g/mol. The van der Waals surface area contributed by atoms with E-state index in [4.69, 9.17) is 0 Å². The SMILES string of the molecule is CC(C)=C1C=CN(C(C)(C)C)c2ccccc21. The van der Waals surface area contributed by atoms with Crippen molar-refractivity contribution in [2.45, 2.75) is 40.2 Å². The van der Waals surface area contributed by atoms with E-state index in [1.54, 1.807) is 0 Å². The summed E-state index contributed by atoms with van der Waals surface area (Å²) < 4.78 is 0. The first-order valence-corrected chi connectivity index (χ1v) is 6.15. The van der Waals surface area contributed by atoms with Crippen molar-refractivity contribution < 1.29 is 0 Å². The highest BCUT2D eigenvalue weighted by Gasteiger charge is 2.25. The van der Waals surface area contributed by atoms with E-state index in [1.165, 1.54) is 22.4 Å². The first kappa shape index (κ1) is 12.0. The number of rotatable bonds is 0. The summed E-state index contributed by atoms with van der Waals surface area (Å²) in [6.45, 7) is 11.1. The highest BCUT2D eigenvalue weighted by atomic mass is 15.2. The number of para-hydroxylation sites is 1. The van der Waals surface area contributed by atoms with Crippen molar-refractivity contribution in [3.63, 3.8) is 0 Å². The molecule has 0 saturated heterocycles. The highest BCUT2D eigenvalue weighted by Crippen LogP contribution is 2.37. The predicted octanol–water partition coefficient (Wildman–Crippen LogP) is 4.61. The van der Waals surface area contributed by atoms with Crippen LogP contribution in [-0.4, -0.2) is 5.54 Å². The zero-order valence-electron chi connectivity index (χ0n) is 11.4. The molecular weight excluding hydrogens is 206 g/mol. The van der Waals surface area contributed by atoms with Crippen molar-refractivity contribution in [1.82, 2.24) is 0 Å². The van der Waals surface area contributed by atoms with Gasteiger partial charge in [0.2, 0.25) is 0 Å². The van der Waals surface area contributed by atoms with Crippen molar-refractivity contribution in [2.24, 2.45) is 0 Å². The molecule has 17 heavy (non-hydrogen) atoms. The smallest absolute Gasteiger partial charge is 0.0490 e. The molecule has 1 aromatic carbocycles. The molecule has 0 amide bonds. The van der Waals surface area contributed by atoms with Gasteiger partial charge in [-0.25, -0.2) is 0 Å². The van der Waals surface area contributed by atoms with E-state index in [0.717, 1.165) is 0 Å². The fraction of sp³-hybridized carbons (Fsp3) is 0.375. The van der Waals surface area contributed by atoms with E-state index < -0.39 is 0 Å². The number of fused-ring (bicyclic) bond motifs is 1. The Hall–Kier alpha value is -1.50. The maximum Gasteiger partial charge on any atom is 0.0490 e. The molecule has 0 unspecified atom stereocenters. The van der Waals surface area contributed by atoms with Gasteiger partial charge in [-0.05, 0) is 52.3 Å². The van der Waals surface area contributed by atoms with E-state index in [2.05, 4.69) is 76.1 Å². The Labute approximate surface area is 104 Å². The molecule has 90 valence electrons. The van der Waals surface area contributed by atoms with Crippen molar-refractivity contribution in [3.05, 3.63) is 47.7 Å². The molecule has 0 aromatic heterocycles. The van der Waals surface area contributed by atoms with Gasteiger partial charge in [0, 0.05) is 23.0 Å². The molecule has 0 N–H and O–H groups in total. The van der Waals surface area contributed by atoms with Gasteiger partial charge in [-0.1, -0.05) is 23.8 Å². The minimum Gasteiger partial charge on any atom is -0.342 e. The van der Waals surface area contributed by atoms with Gasteiger partial charge >= 0.3 is 0 Å². The van der Waals surface area contributed by atoms with Crippen LogP contribution in [0.5, 0.6) is 0 Å². The summed E-state index contributed by atoms with van der Waals surface area (Å²) >= 11 is 0. The lowest BCUT2D eigenvalue weighted by molar-refractivity contribution is 0.554. The van der Waals surface area contributed by atoms with E-state index in [9.17, 15) is 0 Å². The standard InChI is InChI=1S/C16H21N/c1-12(2)13-10-11-17(16(3,4)5)15-9-7-6-8-14(13)15/h6-11H,1-5H3. The van der Waals surface area contributed by atoms with Crippen LogP contribution in [0.3, 0.4) is 0 Å². The van der Waals surface area contributed by atoms with Crippen LogP contribution < -0.4 is 4.90 Å². The Morgan fingerprint density at radius 1 is 1.06 bits per heavy atom. The third kappa shape index (κ3) is 2.14. The third-order valence-electron chi connectivity index (χ3n) is 3.11. The Kier molecular flexibility index (Phi) is 2.86. The Morgan fingerprint density at radius 3 is 2.29 bits per heavy atom. The van der Waals surface area contributed by atoms with E-state index in [1.807, 2.05) is 0 Å². The fourth-order valence-electron chi connectivity index (χ4n) is 2.25. The molecule has 2 rings (SSSR count). The quantitative estimate of drug-likeness (QED) is 0.625. The maximum absolute atomic E-state index is 2.34. The lowest BCUT2D eigenvalue weighted by Crippen LogP contribution is -2.38. The molecule has 0 aliphatic carbocycles. The molecular formula is C16H21N. The Morgan fingerprint density at radius 2 is 1.71 bits per heavy atom. The van der Waals surface area contributed by atoms with Gasteiger partial charge < -0.3 is 4.90 Å². The number of benzene rings is 1. The highest BCUT2D eigenvalue weighted by molar-refractivity contribution is 5.87. The molecule has 0 radical (unpaired) electrons. The van der Waals surface area contributed by atoms with Crippen molar-refractivity contribution in [3.8, 4) is 0 Å². The number of hydrogen-bond acceptors (Lipinski definition) is 1. The minimum absolute atomic E-state index is 0.111. The van der Waals surface area contributed by atoms with E-state index in [-0.39, 0.29) is 5.54 Å². The predicted molar refractivity (Wildman–Crippen MR) is 76.1 cm³/mol. The van der Waals surface area contributed by atoms with Crippen molar-refractivity contribution >= 4 is 11.3 Å². The molecule has 1 nitrogen and oxygen atoms in total. The summed E-state index contributed by atoms with van der Waals surface area (Å²) in [7, 11) is 0. The summed E-state index contributed by atoms with van der Waals surface area (Å²) in [5, 5.41) is 0. The molecule has 1 heterocycles. The van der Waals surface area contributed by atoms with Crippen molar-refractivity contribution in [1.29, 1.82) is 0 Å². The van der Waals surface area contributed by atoms with Crippen LogP contribution in [0, 0.1) is 0 Å². The Balaban J connectivity index is 2.62. The van der Waals surface area contributed by atoms with Crippen LogP contribution in [0.2, 0.25) is 0 Å². The molecule has 0 fully saturated rings. The average Bonchev–Trinajstić information content (AvgIpc) is 2.26. The summed E-state index contributed by atoms with van der Waals surface area (Å²) in [4.78, 5) is 2.34. The molecule has 0 atom stereocenters. The molecule has 1 heteroatoms. The van der Waals surface area contributed by atoms with Gasteiger partial charge in [0.15, 0.2) is 0 Å². The van der Waals surface area contributed by atoms with E-state index >= 15 is 0 Å². The van der Waals surface area contributed by atoms with Crippen LogP contribution in [0.25, 0.3) is 5.57 Å². The first-order valence-electron chi connectivity index (χ1n) is 6.15. The third-order valence-corrected chi connectivity index (χ3v) is 3.11. The van der Waals surface area contributed by atoms with Crippen LogP contribution in [0.4, 0.5) is 5.69 Å². The molecule has 1 aliphatic rings. The normalized spacial score (nSPS) is 14.9. The lowest BCUT2D eigenvalue weighted by Gasteiger charge is -2.38. The second-order valence-electron chi connectivity index (χ2n) is 5.79. The van der Waals surface area contributed by atoms with Gasteiger partial charge in [0.05, 0.1) is 0 Å². The van der Waals surface area contributed by atoms with Crippen molar-refractivity contribution in [2.75, 3.05) is 4.90 Å². The zero-order chi connectivity index (χ0) is 12.6. The van der Waals surface area contributed by atoms with Gasteiger partial charge in [-0.15, -0.1) is 0 Å². The summed E-state index contributed by atoms with van der Waals surface area (Å²) in [6, 6.07) is 8.63. The maximum atomic E-state index is 2.34. The van der Waals surface area contributed by atoms with Gasteiger partial charge in [0.25, 0.3) is 0 Å². The fourth-order valence-corrected chi connectivity index (χ4v) is 2.25. The summed E-state index contributed by atoms with van der Waals surface area (Å²) in [6.07, 6.45) is 4.42. The topological polar surface area (TPSA) is 3.24 Å². The van der Waals surface area contributed by atoms with Gasteiger partial charge in [0.1, 0.15) is 0 Å². The molecule has 1 aromatic rings. The van der Waals surface area contributed by atoms with Gasteiger partial charge in [-0.2, -0.15) is 0 Å². The largest absolute Gasteiger partial charge is 0.342 e. The number of hydrogen-bond donors (Lipinski definition) is 0.